The van der Waals surface area contributed by atoms with E-state index < -0.39 is 6.61 Å². The van der Waals surface area contributed by atoms with Crippen LogP contribution in [0.25, 0.3) is 0 Å². The maximum absolute atomic E-state index is 11.6. The third-order valence-corrected chi connectivity index (χ3v) is 1.46. The fourth-order valence-corrected chi connectivity index (χ4v) is 0.843. The number of aromatic nitrogens is 1. The van der Waals surface area contributed by atoms with Gasteiger partial charge < -0.3 is 4.74 Å². The van der Waals surface area contributed by atoms with Gasteiger partial charge >= 0.3 is 6.61 Å². The number of pyridine rings is 1. The summed E-state index contributed by atoms with van der Waals surface area (Å²) >= 11 is 2.92. The standard InChI is InChI=1S/C6H3BrF2NO/c7-5-4(11-6(8)9)2-1-3-10-5/h1-2,6H. The molecular weight excluding hydrogens is 220 g/mol. The third kappa shape index (κ3) is 2.42. The molecule has 2 nitrogen and oxygen atoms in total. The van der Waals surface area contributed by atoms with Crippen LogP contribution in [0.5, 0.6) is 5.75 Å². The fraction of sp³-hybridized carbons (Fsp3) is 0.167. The van der Waals surface area contributed by atoms with Crippen molar-refractivity contribution in [3.8, 4) is 5.75 Å². The number of rotatable bonds is 2. The van der Waals surface area contributed by atoms with Crippen molar-refractivity contribution in [2.45, 2.75) is 6.61 Å². The van der Waals surface area contributed by atoms with E-state index in [1.165, 1.54) is 12.1 Å². The van der Waals surface area contributed by atoms with Crippen LogP contribution in [0.15, 0.2) is 16.7 Å². The molecule has 0 bridgehead atoms. The molecule has 0 amide bonds. The molecule has 11 heavy (non-hydrogen) atoms. The van der Waals surface area contributed by atoms with Crippen LogP contribution in [0.4, 0.5) is 8.78 Å². The first kappa shape index (κ1) is 8.39. The van der Waals surface area contributed by atoms with Gasteiger partial charge in [-0.15, -0.1) is 0 Å². The molecule has 1 heterocycles. The Morgan fingerprint density at radius 3 is 2.91 bits per heavy atom. The van der Waals surface area contributed by atoms with Crippen molar-refractivity contribution < 1.29 is 13.5 Å². The first-order valence-corrected chi connectivity index (χ1v) is 3.47. The second-order valence-electron chi connectivity index (χ2n) is 1.61. The van der Waals surface area contributed by atoms with E-state index in [0.717, 1.165) is 0 Å². The fourth-order valence-electron chi connectivity index (χ4n) is 0.515. The van der Waals surface area contributed by atoms with Gasteiger partial charge in [-0.3, -0.25) is 0 Å². The minimum atomic E-state index is -2.82. The van der Waals surface area contributed by atoms with E-state index in [2.05, 4.69) is 31.8 Å². The van der Waals surface area contributed by atoms with E-state index in [1.807, 2.05) is 0 Å². The van der Waals surface area contributed by atoms with Crippen LogP contribution in [0.1, 0.15) is 0 Å². The van der Waals surface area contributed by atoms with Crippen molar-refractivity contribution in [1.82, 2.24) is 4.98 Å². The van der Waals surface area contributed by atoms with Crippen LogP contribution in [-0.4, -0.2) is 11.6 Å². The van der Waals surface area contributed by atoms with Gasteiger partial charge in [0.1, 0.15) is 4.60 Å². The second kappa shape index (κ2) is 3.61. The number of ether oxygens (including phenoxy) is 1. The highest BCUT2D eigenvalue weighted by Gasteiger charge is 2.07. The lowest BCUT2D eigenvalue weighted by molar-refractivity contribution is -0.0506. The first-order valence-electron chi connectivity index (χ1n) is 2.67. The zero-order valence-electron chi connectivity index (χ0n) is 5.22. The van der Waals surface area contributed by atoms with Crippen LogP contribution in [-0.2, 0) is 0 Å². The highest BCUT2D eigenvalue weighted by Crippen LogP contribution is 2.22. The van der Waals surface area contributed by atoms with Crippen LogP contribution >= 0.6 is 15.9 Å². The van der Waals surface area contributed by atoms with Gasteiger partial charge in [0, 0.05) is 0 Å². The van der Waals surface area contributed by atoms with E-state index in [9.17, 15) is 8.78 Å². The summed E-state index contributed by atoms with van der Waals surface area (Å²) in [6, 6.07) is 2.74. The molecule has 0 atom stereocenters. The van der Waals surface area contributed by atoms with Gasteiger partial charge in [-0.2, -0.15) is 8.78 Å². The quantitative estimate of drug-likeness (QED) is 0.717. The SMILES string of the molecule is FC(F)Oc1cc[c]nc1Br. The van der Waals surface area contributed by atoms with Crippen molar-refractivity contribution in [1.29, 1.82) is 0 Å². The Kier molecular flexibility index (Phi) is 2.76. The predicted octanol–water partition coefficient (Wildman–Crippen LogP) is 2.25. The topological polar surface area (TPSA) is 22.1 Å². The molecule has 1 aromatic rings. The molecule has 0 N–H and O–H groups in total. The zero-order valence-corrected chi connectivity index (χ0v) is 6.81. The van der Waals surface area contributed by atoms with Crippen molar-refractivity contribution in [2.24, 2.45) is 0 Å². The monoisotopic (exact) mass is 222 g/mol. The Bertz CT molecular complexity index is 244. The van der Waals surface area contributed by atoms with E-state index >= 15 is 0 Å². The normalized spacial score (nSPS) is 10.2. The number of nitrogens with zero attached hydrogens (tertiary/aromatic N) is 1. The molecule has 0 spiro atoms. The predicted molar refractivity (Wildman–Crippen MR) is 37.4 cm³/mol. The lowest BCUT2D eigenvalue weighted by atomic mass is 10.5. The molecule has 5 heteroatoms. The van der Waals surface area contributed by atoms with Crippen LogP contribution in [0, 0.1) is 6.20 Å². The highest BCUT2D eigenvalue weighted by atomic mass is 79.9. The summed E-state index contributed by atoms with van der Waals surface area (Å²) in [7, 11) is 0. The van der Waals surface area contributed by atoms with Crippen LogP contribution < -0.4 is 4.74 Å². The molecule has 1 rings (SSSR count). The van der Waals surface area contributed by atoms with E-state index in [0.29, 0.717) is 0 Å². The minimum Gasteiger partial charge on any atom is -0.432 e. The molecule has 1 radical (unpaired) electrons. The molecule has 0 unspecified atom stereocenters. The maximum Gasteiger partial charge on any atom is 0.387 e. The summed E-state index contributed by atoms with van der Waals surface area (Å²) in [6.07, 6.45) is 2.45. The van der Waals surface area contributed by atoms with E-state index in [-0.39, 0.29) is 10.4 Å². The summed E-state index contributed by atoms with van der Waals surface area (Å²) in [5.41, 5.74) is 0. The summed E-state index contributed by atoms with van der Waals surface area (Å²) in [4.78, 5) is 3.57. The highest BCUT2D eigenvalue weighted by molar-refractivity contribution is 9.10. The smallest absolute Gasteiger partial charge is 0.387 e. The number of hydrogen-bond acceptors (Lipinski definition) is 2. The summed E-state index contributed by atoms with van der Waals surface area (Å²) in [6.45, 7) is -2.82. The van der Waals surface area contributed by atoms with E-state index in [1.54, 1.807) is 0 Å². The Hall–Kier alpha value is -0.710. The molecular formula is C6H3BrF2NO. The van der Waals surface area contributed by atoms with Gasteiger partial charge in [-0.1, -0.05) is 0 Å². The average Bonchev–Trinajstić information content (AvgIpc) is 1.93. The van der Waals surface area contributed by atoms with Crippen molar-refractivity contribution in [3.63, 3.8) is 0 Å². The van der Waals surface area contributed by atoms with Crippen LogP contribution in [0.3, 0.4) is 0 Å². The molecule has 0 saturated heterocycles. The number of halogens is 3. The molecule has 0 fully saturated rings. The van der Waals surface area contributed by atoms with Crippen LogP contribution in [0.2, 0.25) is 0 Å². The number of hydrogen-bond donors (Lipinski definition) is 0. The molecule has 59 valence electrons. The molecule has 0 aliphatic rings. The van der Waals surface area contributed by atoms with Crippen molar-refractivity contribution in [3.05, 3.63) is 22.9 Å². The lowest BCUT2D eigenvalue weighted by Gasteiger charge is -2.03. The summed E-state index contributed by atoms with van der Waals surface area (Å²) < 4.78 is 27.5. The number of alkyl halides is 2. The molecule has 0 saturated carbocycles. The zero-order chi connectivity index (χ0) is 8.27. The van der Waals surface area contributed by atoms with Gasteiger partial charge in [-0.25, -0.2) is 4.98 Å². The summed E-state index contributed by atoms with van der Waals surface area (Å²) in [5.74, 6) is 0.0127. The Balaban J connectivity index is 2.78. The molecule has 1 aromatic heterocycles. The maximum atomic E-state index is 11.6. The first-order chi connectivity index (χ1) is 5.20. The third-order valence-electron chi connectivity index (χ3n) is 0.891. The Labute approximate surface area is 70.3 Å². The Morgan fingerprint density at radius 1 is 1.64 bits per heavy atom. The van der Waals surface area contributed by atoms with Crippen molar-refractivity contribution >= 4 is 15.9 Å². The van der Waals surface area contributed by atoms with Gasteiger partial charge in [0.2, 0.25) is 0 Å². The van der Waals surface area contributed by atoms with E-state index in [4.69, 9.17) is 0 Å². The average molecular weight is 223 g/mol. The molecule has 0 aromatic carbocycles. The Morgan fingerprint density at radius 2 is 2.36 bits per heavy atom. The van der Waals surface area contributed by atoms with Gasteiger partial charge in [0.25, 0.3) is 0 Å². The summed E-state index contributed by atoms with van der Waals surface area (Å²) in [5, 5.41) is 0. The molecule has 0 aliphatic heterocycles. The minimum absolute atomic E-state index is 0.0127. The van der Waals surface area contributed by atoms with Gasteiger partial charge in [0.05, 0.1) is 6.20 Å². The molecule has 0 aliphatic carbocycles. The van der Waals surface area contributed by atoms with Crippen molar-refractivity contribution in [2.75, 3.05) is 0 Å². The largest absolute Gasteiger partial charge is 0.432 e. The lowest BCUT2D eigenvalue weighted by Crippen LogP contribution is -2.02. The second-order valence-corrected chi connectivity index (χ2v) is 2.36. The van der Waals surface area contributed by atoms with Gasteiger partial charge in [0.15, 0.2) is 5.75 Å². The van der Waals surface area contributed by atoms with Gasteiger partial charge in [-0.05, 0) is 28.1 Å².